The Morgan fingerprint density at radius 1 is 1.23 bits per heavy atom. The smallest absolute Gasteiger partial charge is 0.192 e. The third-order valence-electron chi connectivity index (χ3n) is 6.09. The molecule has 0 aliphatic heterocycles. The topological polar surface area (TPSA) is 21.3 Å². The van der Waals surface area contributed by atoms with Gasteiger partial charge in [0.15, 0.2) is 8.32 Å². The summed E-state index contributed by atoms with van der Waals surface area (Å²) < 4.78 is 21.2. The van der Waals surface area contributed by atoms with Gasteiger partial charge >= 0.3 is 0 Å². The Hall–Kier alpha value is -0.423. The predicted octanol–water partition coefficient (Wildman–Crippen LogP) is 6.57. The molecule has 148 valence electrons. The van der Waals surface area contributed by atoms with Crippen LogP contribution < -0.4 is 5.32 Å². The standard InChI is InChI=1S/C21H35ClFNOSi/c1-6-26(7-2,8-3)25-19(20-17(22)10-9-11-18(20)23)15-24-14-16-12-21(4,5)13-16/h9-11,16,19,24H,6-8,12-15H2,1-5H3. The number of halogens is 2. The third-order valence-corrected chi connectivity index (χ3v) is 11.1. The van der Waals surface area contributed by atoms with E-state index in [2.05, 4.69) is 39.9 Å². The Balaban J connectivity index is 2.11. The second kappa shape index (κ2) is 9.18. The second-order valence-electron chi connectivity index (χ2n) is 8.58. The van der Waals surface area contributed by atoms with Crippen molar-refractivity contribution in [3.05, 3.63) is 34.6 Å². The normalized spacial score (nSPS) is 18.6. The fourth-order valence-corrected chi connectivity index (χ4v) is 7.48. The Labute approximate surface area is 165 Å². The van der Waals surface area contributed by atoms with Crippen molar-refractivity contribution in [1.29, 1.82) is 0 Å². The Kier molecular flexibility index (Phi) is 7.72. The highest BCUT2D eigenvalue weighted by molar-refractivity contribution is 6.73. The van der Waals surface area contributed by atoms with Crippen LogP contribution in [0.2, 0.25) is 23.2 Å². The minimum atomic E-state index is -1.87. The number of benzene rings is 1. The Morgan fingerprint density at radius 3 is 2.35 bits per heavy atom. The summed E-state index contributed by atoms with van der Waals surface area (Å²) in [4.78, 5) is 0. The van der Waals surface area contributed by atoms with Gasteiger partial charge in [0.25, 0.3) is 0 Å². The van der Waals surface area contributed by atoms with E-state index in [1.165, 1.54) is 18.9 Å². The molecule has 1 atom stereocenters. The molecule has 26 heavy (non-hydrogen) atoms. The van der Waals surface area contributed by atoms with Gasteiger partial charge in [-0.3, -0.25) is 0 Å². The molecule has 1 aliphatic carbocycles. The summed E-state index contributed by atoms with van der Waals surface area (Å²) in [6, 6.07) is 8.03. The molecule has 2 nitrogen and oxygen atoms in total. The van der Waals surface area contributed by atoms with Crippen LogP contribution in [0.4, 0.5) is 4.39 Å². The summed E-state index contributed by atoms with van der Waals surface area (Å²) in [5.41, 5.74) is 0.994. The van der Waals surface area contributed by atoms with E-state index in [1.807, 2.05) is 0 Å². The van der Waals surface area contributed by atoms with Crippen molar-refractivity contribution in [3.63, 3.8) is 0 Å². The highest BCUT2D eigenvalue weighted by atomic mass is 35.5. The molecule has 0 saturated heterocycles. The first kappa shape index (κ1) is 21.9. The van der Waals surface area contributed by atoms with E-state index >= 15 is 0 Å². The van der Waals surface area contributed by atoms with Crippen molar-refractivity contribution in [2.24, 2.45) is 11.3 Å². The van der Waals surface area contributed by atoms with Crippen LogP contribution in [0.15, 0.2) is 18.2 Å². The molecule has 1 saturated carbocycles. The lowest BCUT2D eigenvalue weighted by Gasteiger charge is -2.43. The monoisotopic (exact) mass is 399 g/mol. The zero-order valence-electron chi connectivity index (χ0n) is 17.0. The first-order chi connectivity index (χ1) is 12.3. The molecular weight excluding hydrogens is 365 g/mol. The molecule has 0 heterocycles. The van der Waals surface area contributed by atoms with Crippen molar-refractivity contribution < 1.29 is 8.82 Å². The van der Waals surface area contributed by atoms with E-state index in [9.17, 15) is 4.39 Å². The van der Waals surface area contributed by atoms with Gasteiger partial charge in [-0.15, -0.1) is 0 Å². The fraction of sp³-hybridized carbons (Fsp3) is 0.714. The molecule has 0 bridgehead atoms. The van der Waals surface area contributed by atoms with Gasteiger partial charge < -0.3 is 9.74 Å². The highest BCUT2D eigenvalue weighted by Gasteiger charge is 2.37. The van der Waals surface area contributed by atoms with Crippen LogP contribution in [0.3, 0.4) is 0 Å². The summed E-state index contributed by atoms with van der Waals surface area (Å²) in [5, 5.41) is 4.01. The Bertz CT molecular complexity index is 555. The van der Waals surface area contributed by atoms with Crippen LogP contribution in [0.25, 0.3) is 0 Å². The lowest BCUT2D eigenvalue weighted by atomic mass is 9.64. The second-order valence-corrected chi connectivity index (χ2v) is 13.7. The fourth-order valence-electron chi connectivity index (χ4n) is 4.39. The molecule has 1 aromatic rings. The maximum atomic E-state index is 14.6. The average molecular weight is 400 g/mol. The molecule has 0 amide bonds. The van der Waals surface area contributed by atoms with Gasteiger partial charge in [-0.1, -0.05) is 52.3 Å². The lowest BCUT2D eigenvalue weighted by molar-refractivity contribution is 0.0913. The van der Waals surface area contributed by atoms with E-state index in [0.29, 0.717) is 28.5 Å². The Morgan fingerprint density at radius 2 is 1.85 bits per heavy atom. The van der Waals surface area contributed by atoms with E-state index in [1.54, 1.807) is 12.1 Å². The molecular formula is C21H35ClFNOSi. The van der Waals surface area contributed by atoms with Crippen molar-refractivity contribution in [1.82, 2.24) is 5.32 Å². The zero-order valence-corrected chi connectivity index (χ0v) is 18.8. The summed E-state index contributed by atoms with van der Waals surface area (Å²) >= 11 is 6.37. The largest absolute Gasteiger partial charge is 0.408 e. The molecule has 1 fully saturated rings. The molecule has 1 aliphatic rings. The van der Waals surface area contributed by atoms with Crippen LogP contribution in [-0.2, 0) is 4.43 Å². The van der Waals surface area contributed by atoms with E-state index in [4.69, 9.17) is 16.0 Å². The lowest BCUT2D eigenvalue weighted by Crippen LogP contribution is -2.42. The van der Waals surface area contributed by atoms with Crippen LogP contribution in [0.5, 0.6) is 0 Å². The van der Waals surface area contributed by atoms with Crippen molar-refractivity contribution >= 4 is 19.9 Å². The quantitative estimate of drug-likeness (QED) is 0.449. The minimum Gasteiger partial charge on any atom is -0.408 e. The predicted molar refractivity (Wildman–Crippen MR) is 112 cm³/mol. The summed E-state index contributed by atoms with van der Waals surface area (Å²) in [6.45, 7) is 12.8. The maximum absolute atomic E-state index is 14.6. The van der Waals surface area contributed by atoms with Gasteiger partial charge in [0.2, 0.25) is 0 Å². The molecule has 2 rings (SSSR count). The molecule has 1 unspecified atom stereocenters. The van der Waals surface area contributed by atoms with Crippen LogP contribution in [-0.4, -0.2) is 21.4 Å². The van der Waals surface area contributed by atoms with E-state index in [0.717, 1.165) is 24.7 Å². The molecule has 1 aromatic carbocycles. The number of rotatable bonds is 10. The van der Waals surface area contributed by atoms with Gasteiger partial charge in [0.1, 0.15) is 5.82 Å². The van der Waals surface area contributed by atoms with Crippen molar-refractivity contribution in [3.8, 4) is 0 Å². The van der Waals surface area contributed by atoms with Crippen LogP contribution >= 0.6 is 11.6 Å². The van der Waals surface area contributed by atoms with E-state index in [-0.39, 0.29) is 11.9 Å². The number of hydrogen-bond acceptors (Lipinski definition) is 2. The number of nitrogens with one attached hydrogen (secondary N) is 1. The molecule has 0 spiro atoms. The van der Waals surface area contributed by atoms with E-state index < -0.39 is 8.32 Å². The first-order valence-corrected chi connectivity index (χ1v) is 13.0. The van der Waals surface area contributed by atoms with Crippen molar-refractivity contribution in [2.45, 2.75) is 71.7 Å². The third kappa shape index (κ3) is 5.31. The van der Waals surface area contributed by atoms with Crippen LogP contribution in [0, 0.1) is 17.2 Å². The molecule has 1 N–H and O–H groups in total. The maximum Gasteiger partial charge on any atom is 0.192 e. The van der Waals surface area contributed by atoms with Gasteiger partial charge in [-0.25, -0.2) is 4.39 Å². The first-order valence-electron chi connectivity index (χ1n) is 10.1. The summed E-state index contributed by atoms with van der Waals surface area (Å²) in [5.74, 6) is 0.451. The molecule has 5 heteroatoms. The molecule has 0 aromatic heterocycles. The van der Waals surface area contributed by atoms with Crippen molar-refractivity contribution in [2.75, 3.05) is 13.1 Å². The summed E-state index contributed by atoms with van der Waals surface area (Å²) in [6.07, 6.45) is 2.19. The van der Waals surface area contributed by atoms with Crippen LogP contribution in [0.1, 0.15) is 59.1 Å². The highest BCUT2D eigenvalue weighted by Crippen LogP contribution is 2.44. The average Bonchev–Trinajstić information content (AvgIpc) is 2.57. The molecule has 0 radical (unpaired) electrons. The SMILES string of the molecule is CC[Si](CC)(CC)OC(CNCC1CC(C)(C)C1)c1c(F)cccc1Cl. The zero-order chi connectivity index (χ0) is 19.4. The van der Waals surface area contributed by atoms with Gasteiger partial charge in [0.05, 0.1) is 6.10 Å². The number of hydrogen-bond donors (Lipinski definition) is 1. The van der Waals surface area contributed by atoms with Gasteiger partial charge in [-0.2, -0.15) is 0 Å². The minimum absolute atomic E-state index is 0.264. The van der Waals surface area contributed by atoms with Gasteiger partial charge in [0, 0.05) is 17.1 Å². The summed E-state index contributed by atoms with van der Waals surface area (Å²) in [7, 11) is -1.87. The van der Waals surface area contributed by atoms with Gasteiger partial charge in [-0.05, 0) is 61.0 Å².